The van der Waals surface area contributed by atoms with Gasteiger partial charge in [-0.15, -0.1) is 0 Å². The highest BCUT2D eigenvalue weighted by Crippen LogP contribution is 2.17. The van der Waals surface area contributed by atoms with Gasteiger partial charge in [-0.05, 0) is 22.9 Å². The molecule has 0 saturated heterocycles. The molecular weight excluding hydrogens is 220 g/mol. The van der Waals surface area contributed by atoms with Crippen LogP contribution in [0.2, 0.25) is 0 Å². The van der Waals surface area contributed by atoms with E-state index in [4.69, 9.17) is 0 Å². The minimum Gasteiger partial charge on any atom is -0.321 e. The first kappa shape index (κ1) is 7.79. The van der Waals surface area contributed by atoms with Crippen molar-refractivity contribution < 1.29 is 0 Å². The van der Waals surface area contributed by atoms with E-state index in [9.17, 15) is 0 Å². The summed E-state index contributed by atoms with van der Waals surface area (Å²) < 4.78 is 3.00. The lowest BCUT2D eigenvalue weighted by Gasteiger charge is -2.09. The summed E-state index contributed by atoms with van der Waals surface area (Å²) in [5, 5.41) is 3.94. The van der Waals surface area contributed by atoms with E-state index >= 15 is 0 Å². The molecule has 5 heteroatoms. The Morgan fingerprint density at radius 1 is 1.75 bits per heavy atom. The first-order valence-electron chi connectivity index (χ1n) is 3.83. The van der Waals surface area contributed by atoms with E-state index in [1.165, 1.54) is 5.69 Å². The first-order chi connectivity index (χ1) is 5.83. The van der Waals surface area contributed by atoms with E-state index in [1.54, 1.807) is 6.21 Å². The normalized spacial score (nSPS) is 14.2. The highest BCUT2D eigenvalue weighted by atomic mass is 79.9. The second kappa shape index (κ2) is 2.90. The molecule has 1 aliphatic heterocycles. The Hall–Kier alpha value is -0.840. The summed E-state index contributed by atoms with van der Waals surface area (Å²) in [6, 6.07) is 0. The van der Waals surface area contributed by atoms with Gasteiger partial charge < -0.3 is 9.99 Å². The van der Waals surface area contributed by atoms with E-state index in [1.807, 2.05) is 0 Å². The molecule has 0 aromatic carbocycles. The van der Waals surface area contributed by atoms with Gasteiger partial charge in [0.2, 0.25) is 0 Å². The van der Waals surface area contributed by atoms with Gasteiger partial charge in [0, 0.05) is 6.54 Å². The van der Waals surface area contributed by atoms with Crippen molar-refractivity contribution in [2.24, 2.45) is 5.10 Å². The molecule has 1 aromatic rings. The standard InChI is InChI=1S/C7H9BrN4/c1-2-12-6-4-10-9-3-5(6)11-7(12)8/h3,10H,2,4H2,1H3. The molecule has 0 atom stereocenters. The van der Waals surface area contributed by atoms with Crippen LogP contribution in [0.5, 0.6) is 0 Å². The first-order valence-corrected chi connectivity index (χ1v) is 4.63. The zero-order valence-electron chi connectivity index (χ0n) is 6.71. The van der Waals surface area contributed by atoms with Crippen LogP contribution in [0, 0.1) is 0 Å². The molecule has 0 radical (unpaired) electrons. The summed E-state index contributed by atoms with van der Waals surface area (Å²) in [5.41, 5.74) is 5.07. The highest BCUT2D eigenvalue weighted by molar-refractivity contribution is 9.10. The number of hydrazone groups is 1. The molecule has 0 spiro atoms. The molecule has 1 aromatic heterocycles. The van der Waals surface area contributed by atoms with E-state index in [2.05, 4.69) is 42.9 Å². The summed E-state index contributed by atoms with van der Waals surface area (Å²) >= 11 is 3.40. The zero-order chi connectivity index (χ0) is 8.55. The molecule has 0 amide bonds. The van der Waals surface area contributed by atoms with E-state index in [0.29, 0.717) is 0 Å². The van der Waals surface area contributed by atoms with Crippen LogP contribution in [0.1, 0.15) is 18.3 Å². The monoisotopic (exact) mass is 228 g/mol. The minimum absolute atomic E-state index is 0.762. The van der Waals surface area contributed by atoms with Crippen molar-refractivity contribution in [3.8, 4) is 0 Å². The molecule has 0 bridgehead atoms. The maximum absolute atomic E-state index is 4.31. The maximum atomic E-state index is 4.31. The van der Waals surface area contributed by atoms with Crippen molar-refractivity contribution in [1.82, 2.24) is 15.0 Å². The molecule has 64 valence electrons. The molecular formula is C7H9BrN4. The number of aromatic nitrogens is 2. The lowest BCUT2D eigenvalue weighted by atomic mass is 10.3. The smallest absolute Gasteiger partial charge is 0.177 e. The average molecular weight is 229 g/mol. The molecule has 0 aliphatic carbocycles. The summed E-state index contributed by atoms with van der Waals surface area (Å²) in [5.74, 6) is 0. The average Bonchev–Trinajstić information content (AvgIpc) is 2.40. The van der Waals surface area contributed by atoms with Crippen LogP contribution in [-0.4, -0.2) is 15.8 Å². The van der Waals surface area contributed by atoms with Crippen LogP contribution in [-0.2, 0) is 13.1 Å². The third-order valence-electron chi connectivity index (χ3n) is 1.90. The molecule has 12 heavy (non-hydrogen) atoms. The Bertz CT molecular complexity index is 328. The molecule has 2 rings (SSSR count). The van der Waals surface area contributed by atoms with E-state index in [0.717, 1.165) is 23.5 Å². The molecule has 0 fully saturated rings. The van der Waals surface area contributed by atoms with Gasteiger partial charge in [-0.2, -0.15) is 5.10 Å². The number of hydrogen-bond acceptors (Lipinski definition) is 3. The third kappa shape index (κ3) is 1.04. The third-order valence-corrected chi connectivity index (χ3v) is 2.50. The fourth-order valence-corrected chi connectivity index (χ4v) is 1.97. The van der Waals surface area contributed by atoms with Crippen molar-refractivity contribution in [3.63, 3.8) is 0 Å². The number of nitrogens with zero attached hydrogens (tertiary/aromatic N) is 3. The zero-order valence-corrected chi connectivity index (χ0v) is 8.30. The molecule has 1 N–H and O–H groups in total. The van der Waals surface area contributed by atoms with Crippen molar-refractivity contribution in [1.29, 1.82) is 0 Å². The summed E-state index contributed by atoms with van der Waals surface area (Å²) in [4.78, 5) is 4.31. The fraction of sp³-hybridized carbons (Fsp3) is 0.429. The Morgan fingerprint density at radius 3 is 3.33 bits per heavy atom. The van der Waals surface area contributed by atoms with Gasteiger partial charge in [0.1, 0.15) is 5.69 Å². The largest absolute Gasteiger partial charge is 0.321 e. The minimum atomic E-state index is 0.762. The number of nitrogens with one attached hydrogen (secondary N) is 1. The quantitative estimate of drug-likeness (QED) is 0.783. The molecule has 2 heterocycles. The van der Waals surface area contributed by atoms with Gasteiger partial charge in [0.15, 0.2) is 4.73 Å². The second-order valence-corrected chi connectivity index (χ2v) is 3.26. The van der Waals surface area contributed by atoms with Gasteiger partial charge in [-0.1, -0.05) is 0 Å². The molecule has 0 saturated carbocycles. The topological polar surface area (TPSA) is 42.2 Å². The summed E-state index contributed by atoms with van der Waals surface area (Å²) in [6.07, 6.45) is 1.75. The van der Waals surface area contributed by atoms with Gasteiger partial charge >= 0.3 is 0 Å². The van der Waals surface area contributed by atoms with Crippen molar-refractivity contribution in [2.45, 2.75) is 20.0 Å². The number of rotatable bonds is 1. The highest BCUT2D eigenvalue weighted by Gasteiger charge is 2.14. The van der Waals surface area contributed by atoms with Crippen LogP contribution < -0.4 is 5.43 Å². The van der Waals surface area contributed by atoms with Crippen LogP contribution in [0.15, 0.2) is 9.84 Å². The Balaban J connectivity index is 2.55. The molecule has 4 nitrogen and oxygen atoms in total. The predicted molar refractivity (Wildman–Crippen MR) is 50.0 cm³/mol. The van der Waals surface area contributed by atoms with Crippen LogP contribution >= 0.6 is 15.9 Å². The van der Waals surface area contributed by atoms with Crippen molar-refractivity contribution in [3.05, 3.63) is 16.1 Å². The Kier molecular flexibility index (Phi) is 1.88. The number of halogens is 1. The van der Waals surface area contributed by atoms with Crippen molar-refractivity contribution >= 4 is 22.1 Å². The van der Waals surface area contributed by atoms with Gasteiger partial charge in [0.25, 0.3) is 0 Å². The van der Waals surface area contributed by atoms with Crippen LogP contribution in [0.3, 0.4) is 0 Å². The Morgan fingerprint density at radius 2 is 2.58 bits per heavy atom. The summed E-state index contributed by atoms with van der Waals surface area (Å²) in [6.45, 7) is 3.79. The van der Waals surface area contributed by atoms with Gasteiger partial charge in [0.05, 0.1) is 18.5 Å². The van der Waals surface area contributed by atoms with Gasteiger partial charge in [-0.3, -0.25) is 0 Å². The van der Waals surface area contributed by atoms with Gasteiger partial charge in [-0.25, -0.2) is 4.98 Å². The van der Waals surface area contributed by atoms with E-state index in [-0.39, 0.29) is 0 Å². The Labute approximate surface area is 78.8 Å². The van der Waals surface area contributed by atoms with Crippen LogP contribution in [0.4, 0.5) is 0 Å². The molecule has 1 aliphatic rings. The van der Waals surface area contributed by atoms with Crippen molar-refractivity contribution in [2.75, 3.05) is 0 Å². The number of hydrogen-bond donors (Lipinski definition) is 1. The summed E-state index contributed by atoms with van der Waals surface area (Å²) in [7, 11) is 0. The molecule has 0 unspecified atom stereocenters. The predicted octanol–water partition coefficient (Wildman–Crippen LogP) is 1.10. The second-order valence-electron chi connectivity index (χ2n) is 2.55. The van der Waals surface area contributed by atoms with Crippen LogP contribution in [0.25, 0.3) is 0 Å². The number of fused-ring (bicyclic) bond motifs is 1. The lowest BCUT2D eigenvalue weighted by Crippen LogP contribution is -2.16. The van der Waals surface area contributed by atoms with E-state index < -0.39 is 0 Å². The lowest BCUT2D eigenvalue weighted by molar-refractivity contribution is 0.636. The maximum Gasteiger partial charge on any atom is 0.177 e. The SMILES string of the molecule is CCn1c(Br)nc2c1CNN=C2. The fourth-order valence-electron chi connectivity index (χ4n) is 1.31. The number of imidazole rings is 1.